The van der Waals surface area contributed by atoms with Crippen LogP contribution in [-0.4, -0.2) is 48.7 Å². The van der Waals surface area contributed by atoms with Crippen molar-refractivity contribution in [3.63, 3.8) is 0 Å². The Balaban J connectivity index is 3.25. The summed E-state index contributed by atoms with van der Waals surface area (Å²) in [4.78, 5) is 12.3. The van der Waals surface area contributed by atoms with E-state index in [2.05, 4.69) is 24.1 Å². The topological polar surface area (TPSA) is 52.6 Å². The summed E-state index contributed by atoms with van der Waals surface area (Å²) in [6, 6.07) is 0.511. The van der Waals surface area contributed by atoms with Gasteiger partial charge in [-0.15, -0.1) is 0 Å². The maximum Gasteiger partial charge on any atom is 0.317 e. The van der Waals surface area contributed by atoms with E-state index in [1.165, 1.54) is 0 Å². The maximum absolute atomic E-state index is 10.1. The van der Waals surface area contributed by atoms with Crippen LogP contribution in [0.15, 0.2) is 0 Å². The van der Waals surface area contributed by atoms with E-state index in [4.69, 9.17) is 5.11 Å². The number of hydrogen-bond acceptors (Lipinski definition) is 3. The van der Waals surface area contributed by atoms with Crippen LogP contribution < -0.4 is 5.32 Å². The summed E-state index contributed by atoms with van der Waals surface area (Å²) in [6.45, 7) is 5.87. The highest BCUT2D eigenvalue weighted by molar-refractivity contribution is 5.68. The molecule has 0 rings (SSSR count). The summed E-state index contributed by atoms with van der Waals surface area (Å²) < 4.78 is 0. The molecule has 0 aromatic rings. The molecule has 4 nitrogen and oxygen atoms in total. The lowest BCUT2D eigenvalue weighted by Gasteiger charge is -2.20. The molecular formula is C8H18N2O2. The summed E-state index contributed by atoms with van der Waals surface area (Å²) in [5, 5.41) is 11.1. The molecule has 0 aromatic carbocycles. The van der Waals surface area contributed by atoms with Crippen molar-refractivity contribution in [2.24, 2.45) is 0 Å². The lowest BCUT2D eigenvalue weighted by Crippen LogP contribution is -2.35. The van der Waals surface area contributed by atoms with Crippen molar-refractivity contribution in [3.05, 3.63) is 0 Å². The first-order chi connectivity index (χ1) is 5.54. The Morgan fingerprint density at radius 3 is 2.58 bits per heavy atom. The average Bonchev–Trinajstić information content (AvgIpc) is 1.97. The summed E-state index contributed by atoms with van der Waals surface area (Å²) in [5.74, 6) is -0.804. The predicted octanol–water partition coefficient (Wildman–Crippen LogP) is 0.000800. The minimum atomic E-state index is -0.804. The van der Waals surface area contributed by atoms with Gasteiger partial charge in [0.1, 0.15) is 0 Å². The van der Waals surface area contributed by atoms with Crippen LogP contribution in [0.2, 0.25) is 0 Å². The number of hydrogen-bond donors (Lipinski definition) is 2. The molecule has 2 N–H and O–H groups in total. The van der Waals surface area contributed by atoms with E-state index >= 15 is 0 Å². The summed E-state index contributed by atoms with van der Waals surface area (Å²) in [6.07, 6.45) is 0. The molecule has 4 heteroatoms. The smallest absolute Gasteiger partial charge is 0.317 e. The van der Waals surface area contributed by atoms with Gasteiger partial charge in [0.15, 0.2) is 0 Å². The third kappa shape index (κ3) is 6.12. The van der Waals surface area contributed by atoms with Crippen LogP contribution in [0.4, 0.5) is 0 Å². The van der Waals surface area contributed by atoms with Crippen LogP contribution in [0.25, 0.3) is 0 Å². The van der Waals surface area contributed by atoms with Crippen molar-refractivity contribution >= 4 is 5.97 Å². The highest BCUT2D eigenvalue weighted by Gasteiger charge is 2.01. The zero-order valence-electron chi connectivity index (χ0n) is 8.00. The molecule has 0 unspecified atom stereocenters. The van der Waals surface area contributed by atoms with Gasteiger partial charge in [0.25, 0.3) is 0 Å². The summed E-state index contributed by atoms with van der Waals surface area (Å²) >= 11 is 0. The van der Waals surface area contributed by atoms with E-state index in [1.807, 2.05) is 7.05 Å². The second-order valence-electron chi connectivity index (χ2n) is 3.14. The summed E-state index contributed by atoms with van der Waals surface area (Å²) in [5.41, 5.74) is 0. The fourth-order valence-corrected chi connectivity index (χ4v) is 0.709. The number of nitrogens with zero attached hydrogens (tertiary/aromatic N) is 1. The zero-order chi connectivity index (χ0) is 9.56. The molecule has 0 heterocycles. The molecule has 0 saturated carbocycles. The van der Waals surface area contributed by atoms with Crippen LogP contribution in [0.1, 0.15) is 13.8 Å². The number of carboxylic acids is 1. The average molecular weight is 174 g/mol. The van der Waals surface area contributed by atoms with E-state index in [0.29, 0.717) is 6.04 Å². The number of aliphatic carboxylic acids is 1. The maximum atomic E-state index is 10.1. The number of carboxylic acid groups (broad SMARTS) is 1. The third-order valence-corrected chi connectivity index (χ3v) is 1.80. The van der Waals surface area contributed by atoms with Gasteiger partial charge >= 0.3 is 5.97 Å². The number of likely N-dealkylation sites (N-methyl/N-ethyl adjacent to an activating group) is 1. The van der Waals surface area contributed by atoms with Gasteiger partial charge in [-0.2, -0.15) is 0 Å². The monoisotopic (exact) mass is 174 g/mol. The number of carbonyl (C=O) groups is 1. The van der Waals surface area contributed by atoms with E-state index in [1.54, 1.807) is 0 Å². The zero-order valence-corrected chi connectivity index (χ0v) is 8.00. The third-order valence-electron chi connectivity index (χ3n) is 1.80. The van der Waals surface area contributed by atoms with E-state index < -0.39 is 5.97 Å². The molecule has 0 aromatic heterocycles. The van der Waals surface area contributed by atoms with Gasteiger partial charge in [-0.05, 0) is 20.9 Å². The van der Waals surface area contributed by atoms with Gasteiger partial charge in [0.05, 0.1) is 6.54 Å². The Hall–Kier alpha value is -0.610. The van der Waals surface area contributed by atoms with Crippen molar-refractivity contribution in [3.8, 4) is 0 Å². The first-order valence-electron chi connectivity index (χ1n) is 4.16. The predicted molar refractivity (Wildman–Crippen MR) is 48.3 cm³/mol. The second-order valence-corrected chi connectivity index (χ2v) is 3.14. The van der Waals surface area contributed by atoms with E-state index in [0.717, 1.165) is 13.1 Å². The van der Waals surface area contributed by atoms with Crippen LogP contribution >= 0.6 is 0 Å². The van der Waals surface area contributed by atoms with E-state index in [-0.39, 0.29) is 6.54 Å². The molecule has 0 fully saturated rings. The molecule has 0 aliphatic carbocycles. The van der Waals surface area contributed by atoms with Gasteiger partial charge in [-0.25, -0.2) is 0 Å². The largest absolute Gasteiger partial charge is 0.480 e. The molecule has 0 saturated heterocycles. The molecular weight excluding hydrogens is 156 g/mol. The molecule has 0 amide bonds. The van der Waals surface area contributed by atoms with Gasteiger partial charge < -0.3 is 15.3 Å². The van der Waals surface area contributed by atoms with Crippen LogP contribution in [-0.2, 0) is 4.79 Å². The van der Waals surface area contributed by atoms with Gasteiger partial charge in [0, 0.05) is 19.1 Å². The quantitative estimate of drug-likeness (QED) is 0.557. The fraction of sp³-hybridized carbons (Fsp3) is 0.875. The van der Waals surface area contributed by atoms with Crippen molar-refractivity contribution < 1.29 is 9.90 Å². The highest BCUT2D eigenvalue weighted by Crippen LogP contribution is 1.90. The van der Waals surface area contributed by atoms with Crippen molar-refractivity contribution in [1.29, 1.82) is 0 Å². The highest BCUT2D eigenvalue weighted by atomic mass is 16.4. The Labute approximate surface area is 73.6 Å². The minimum Gasteiger partial charge on any atom is -0.480 e. The van der Waals surface area contributed by atoms with Crippen molar-refractivity contribution in [2.45, 2.75) is 19.9 Å². The lowest BCUT2D eigenvalue weighted by molar-refractivity contribution is -0.135. The Morgan fingerprint density at radius 1 is 1.58 bits per heavy atom. The summed E-state index contributed by atoms with van der Waals surface area (Å²) in [7, 11) is 2.02. The fourth-order valence-electron chi connectivity index (χ4n) is 0.709. The normalized spacial score (nSPS) is 11.1. The molecule has 12 heavy (non-hydrogen) atoms. The molecule has 0 spiro atoms. The van der Waals surface area contributed by atoms with Gasteiger partial charge in [-0.1, -0.05) is 0 Å². The first kappa shape index (κ1) is 11.4. The van der Waals surface area contributed by atoms with Gasteiger partial charge in [-0.3, -0.25) is 4.79 Å². The number of rotatable bonds is 6. The van der Waals surface area contributed by atoms with Crippen molar-refractivity contribution in [1.82, 2.24) is 10.2 Å². The van der Waals surface area contributed by atoms with Crippen molar-refractivity contribution in [2.75, 3.05) is 26.7 Å². The standard InChI is InChI=1S/C8H18N2O2/c1-7(2)10(3)5-4-9-6-8(11)12/h7,9H,4-6H2,1-3H3,(H,11,12). The van der Waals surface area contributed by atoms with Crippen LogP contribution in [0.3, 0.4) is 0 Å². The number of nitrogens with one attached hydrogen (secondary N) is 1. The van der Waals surface area contributed by atoms with Crippen LogP contribution in [0.5, 0.6) is 0 Å². The SMILES string of the molecule is CC(C)N(C)CCNCC(=O)O. The van der Waals surface area contributed by atoms with Gasteiger partial charge in [0.2, 0.25) is 0 Å². The first-order valence-corrected chi connectivity index (χ1v) is 4.16. The Morgan fingerprint density at radius 2 is 2.17 bits per heavy atom. The van der Waals surface area contributed by atoms with E-state index in [9.17, 15) is 4.79 Å². The Bertz CT molecular complexity index is 137. The van der Waals surface area contributed by atoms with Crippen LogP contribution in [0, 0.1) is 0 Å². The molecule has 0 atom stereocenters. The molecule has 0 bridgehead atoms. The second kappa shape index (κ2) is 5.97. The molecule has 0 aliphatic rings. The molecule has 0 radical (unpaired) electrons. The lowest BCUT2D eigenvalue weighted by atomic mass is 10.3. The Kier molecular flexibility index (Phi) is 5.66. The molecule has 72 valence electrons. The molecule has 0 aliphatic heterocycles. The minimum absolute atomic E-state index is 0.0476.